The second-order valence-corrected chi connectivity index (χ2v) is 7.13. The molecule has 1 unspecified atom stereocenters. The molecule has 0 aliphatic carbocycles. The third-order valence-electron chi connectivity index (χ3n) is 5.15. The summed E-state index contributed by atoms with van der Waals surface area (Å²) in [6, 6.07) is 22.4. The van der Waals surface area contributed by atoms with Crippen molar-refractivity contribution in [3.63, 3.8) is 0 Å². The Labute approximate surface area is 183 Å². The van der Waals surface area contributed by atoms with Gasteiger partial charge in [0.15, 0.2) is 11.5 Å². The fourth-order valence-electron chi connectivity index (χ4n) is 3.63. The molecule has 1 aliphatic heterocycles. The minimum absolute atomic E-state index is 0.0834. The number of hydrogen-bond donors (Lipinski definition) is 1. The van der Waals surface area contributed by atoms with Gasteiger partial charge in [-0.2, -0.15) is 0 Å². The first-order valence-electron chi connectivity index (χ1n) is 9.81. The number of carbonyl (C=O) groups is 2. The summed E-state index contributed by atoms with van der Waals surface area (Å²) in [4.78, 5) is 37.9. The summed E-state index contributed by atoms with van der Waals surface area (Å²) in [6.07, 6.45) is 2.91. The molecule has 32 heavy (non-hydrogen) atoms. The summed E-state index contributed by atoms with van der Waals surface area (Å²) in [6.45, 7) is 0. The number of non-ortho nitro benzene ring substituents is 1. The number of nitro groups is 1. The molecule has 4 rings (SSSR count). The average Bonchev–Trinajstić information content (AvgIpc) is 3.09. The van der Waals surface area contributed by atoms with Crippen molar-refractivity contribution in [2.45, 2.75) is 6.04 Å². The van der Waals surface area contributed by atoms with E-state index >= 15 is 0 Å². The molecule has 158 valence electrons. The quantitative estimate of drug-likeness (QED) is 0.347. The highest BCUT2D eigenvalue weighted by atomic mass is 16.6. The maximum atomic E-state index is 13.1. The first-order valence-corrected chi connectivity index (χ1v) is 9.81. The van der Waals surface area contributed by atoms with Crippen LogP contribution in [0.15, 0.2) is 102 Å². The zero-order chi connectivity index (χ0) is 22.7. The van der Waals surface area contributed by atoms with E-state index in [0.717, 1.165) is 5.56 Å². The lowest BCUT2D eigenvalue weighted by molar-refractivity contribution is -0.384. The highest BCUT2D eigenvalue weighted by Crippen LogP contribution is 2.41. The molecule has 1 amide bonds. The molecule has 1 heterocycles. The van der Waals surface area contributed by atoms with E-state index in [4.69, 9.17) is 0 Å². The van der Waals surface area contributed by atoms with E-state index in [0.29, 0.717) is 11.3 Å². The van der Waals surface area contributed by atoms with Crippen LogP contribution in [0.4, 0.5) is 11.4 Å². The Balaban J connectivity index is 1.78. The maximum absolute atomic E-state index is 13.1. The number of anilines is 1. The Morgan fingerprint density at radius 1 is 0.938 bits per heavy atom. The predicted octanol–water partition coefficient (Wildman–Crippen LogP) is 4.78. The molecule has 3 aromatic carbocycles. The molecule has 1 atom stereocenters. The van der Waals surface area contributed by atoms with Crippen LogP contribution in [0.25, 0.3) is 6.08 Å². The molecule has 7 nitrogen and oxygen atoms in total. The maximum Gasteiger partial charge on any atom is 0.294 e. The number of aliphatic hydroxyl groups is 1. The Morgan fingerprint density at radius 3 is 2.12 bits per heavy atom. The van der Waals surface area contributed by atoms with Crippen molar-refractivity contribution in [1.82, 2.24) is 0 Å². The van der Waals surface area contributed by atoms with Gasteiger partial charge in [-0.25, -0.2) is 0 Å². The van der Waals surface area contributed by atoms with E-state index in [2.05, 4.69) is 0 Å². The van der Waals surface area contributed by atoms with Gasteiger partial charge in [-0.3, -0.25) is 24.6 Å². The fourth-order valence-corrected chi connectivity index (χ4v) is 3.63. The molecular formula is C25H18N2O5. The van der Waals surface area contributed by atoms with Crippen molar-refractivity contribution in [2.75, 3.05) is 4.90 Å². The SMILES string of the molecule is O=C(C=Cc1ccccc1)C1=C(O)C(=O)N(c2ccccc2)C1c1ccc([N+](=O)[O-])cc1. The van der Waals surface area contributed by atoms with Crippen molar-refractivity contribution in [1.29, 1.82) is 0 Å². The van der Waals surface area contributed by atoms with Crippen molar-refractivity contribution < 1.29 is 19.6 Å². The molecule has 0 aromatic heterocycles. The summed E-state index contributed by atoms with van der Waals surface area (Å²) < 4.78 is 0. The molecule has 0 fully saturated rings. The average molecular weight is 426 g/mol. The minimum Gasteiger partial charge on any atom is -0.503 e. The van der Waals surface area contributed by atoms with Gasteiger partial charge in [0.1, 0.15) is 0 Å². The van der Waals surface area contributed by atoms with Crippen LogP contribution in [0, 0.1) is 10.1 Å². The molecule has 0 radical (unpaired) electrons. The smallest absolute Gasteiger partial charge is 0.294 e. The number of rotatable bonds is 6. The van der Waals surface area contributed by atoms with Crippen LogP contribution in [0.1, 0.15) is 17.2 Å². The summed E-state index contributed by atoms with van der Waals surface area (Å²) in [7, 11) is 0. The van der Waals surface area contributed by atoms with Crippen molar-refractivity contribution >= 4 is 29.1 Å². The Kier molecular flexibility index (Phi) is 5.63. The Hall–Kier alpha value is -4.52. The molecule has 0 spiro atoms. The van der Waals surface area contributed by atoms with E-state index in [1.165, 1.54) is 35.2 Å². The van der Waals surface area contributed by atoms with Gasteiger partial charge >= 0.3 is 0 Å². The lowest BCUT2D eigenvalue weighted by atomic mass is 9.95. The second-order valence-electron chi connectivity index (χ2n) is 7.13. The fraction of sp³-hybridized carbons (Fsp3) is 0.0400. The molecular weight excluding hydrogens is 408 g/mol. The molecule has 7 heteroatoms. The van der Waals surface area contributed by atoms with E-state index in [1.807, 2.05) is 30.3 Å². The molecule has 0 saturated heterocycles. The highest BCUT2D eigenvalue weighted by Gasteiger charge is 2.43. The van der Waals surface area contributed by atoms with Crippen LogP contribution in [0.2, 0.25) is 0 Å². The standard InChI is InChI=1S/C25H18N2O5/c28-21(16-11-17-7-3-1-4-8-17)22-23(18-12-14-20(15-13-18)27(31)32)26(25(30)24(22)29)19-9-5-2-6-10-19/h1-16,23,29H. The second kappa shape index (κ2) is 8.69. The van der Waals surface area contributed by atoms with Crippen molar-refractivity contribution in [3.8, 4) is 0 Å². The van der Waals surface area contributed by atoms with E-state index < -0.39 is 28.4 Å². The topological polar surface area (TPSA) is 101 Å². The van der Waals surface area contributed by atoms with Crippen LogP contribution >= 0.6 is 0 Å². The summed E-state index contributed by atoms with van der Waals surface area (Å²) in [5.41, 5.74) is 1.54. The lowest BCUT2D eigenvalue weighted by Gasteiger charge is -2.26. The van der Waals surface area contributed by atoms with Gasteiger partial charge in [0.2, 0.25) is 0 Å². The van der Waals surface area contributed by atoms with E-state index in [-0.39, 0.29) is 11.3 Å². The minimum atomic E-state index is -0.932. The van der Waals surface area contributed by atoms with E-state index in [1.54, 1.807) is 36.4 Å². The third-order valence-corrected chi connectivity index (χ3v) is 5.15. The number of ketones is 1. The summed E-state index contributed by atoms with van der Waals surface area (Å²) in [5.74, 6) is -1.88. The zero-order valence-corrected chi connectivity index (χ0v) is 16.8. The van der Waals surface area contributed by atoms with Crippen molar-refractivity contribution in [2.24, 2.45) is 0 Å². The number of hydrogen-bond acceptors (Lipinski definition) is 5. The highest BCUT2D eigenvalue weighted by molar-refractivity contribution is 6.19. The molecule has 1 N–H and O–H groups in total. The van der Waals surface area contributed by atoms with Gasteiger partial charge in [0.25, 0.3) is 11.6 Å². The largest absolute Gasteiger partial charge is 0.503 e. The molecule has 1 aliphatic rings. The van der Waals surface area contributed by atoms with Gasteiger partial charge in [-0.1, -0.05) is 54.6 Å². The van der Waals surface area contributed by atoms with Gasteiger partial charge < -0.3 is 5.11 Å². The monoisotopic (exact) mass is 426 g/mol. The van der Waals surface area contributed by atoms with Gasteiger partial charge in [0, 0.05) is 17.8 Å². The normalized spacial score (nSPS) is 16.1. The van der Waals surface area contributed by atoms with Crippen LogP contribution in [0.5, 0.6) is 0 Å². The van der Waals surface area contributed by atoms with Crippen LogP contribution in [0.3, 0.4) is 0 Å². The van der Waals surface area contributed by atoms with Gasteiger partial charge in [0.05, 0.1) is 16.5 Å². The first kappa shape index (κ1) is 20.7. The lowest BCUT2D eigenvalue weighted by Crippen LogP contribution is -2.30. The number of para-hydroxylation sites is 1. The first-order chi connectivity index (χ1) is 15.5. The number of amides is 1. The Bertz CT molecular complexity index is 1230. The Morgan fingerprint density at radius 2 is 1.53 bits per heavy atom. The third kappa shape index (κ3) is 3.91. The number of nitro benzene ring substituents is 1. The van der Waals surface area contributed by atoms with Crippen molar-refractivity contribution in [3.05, 3.63) is 124 Å². The molecule has 0 bridgehead atoms. The molecule has 0 saturated carbocycles. The number of benzene rings is 3. The number of aliphatic hydroxyl groups excluding tert-OH is 1. The van der Waals surface area contributed by atoms with Crippen LogP contribution in [-0.2, 0) is 9.59 Å². The van der Waals surface area contributed by atoms with Crippen LogP contribution in [-0.4, -0.2) is 21.7 Å². The van der Waals surface area contributed by atoms with Crippen LogP contribution < -0.4 is 4.90 Å². The molecule has 3 aromatic rings. The van der Waals surface area contributed by atoms with Gasteiger partial charge in [-0.15, -0.1) is 0 Å². The summed E-state index contributed by atoms with van der Waals surface area (Å²) >= 11 is 0. The van der Waals surface area contributed by atoms with Gasteiger partial charge in [-0.05, 0) is 41.5 Å². The number of nitrogens with zero attached hydrogens (tertiary/aromatic N) is 2. The predicted molar refractivity (Wildman–Crippen MR) is 120 cm³/mol. The number of allylic oxidation sites excluding steroid dienone is 1. The number of carbonyl (C=O) groups excluding carboxylic acids is 2. The van der Waals surface area contributed by atoms with E-state index in [9.17, 15) is 24.8 Å². The summed E-state index contributed by atoms with van der Waals surface area (Å²) in [5, 5.41) is 21.7. The zero-order valence-electron chi connectivity index (χ0n) is 16.8.